The molecule has 0 aliphatic heterocycles. The monoisotopic (exact) mass is 278 g/mol. The maximum atomic E-state index is 11.1. The number of ether oxygens (including phenoxy) is 2. The summed E-state index contributed by atoms with van der Waals surface area (Å²) in [5.74, 6) is -1.07. The van der Waals surface area contributed by atoms with Crippen molar-refractivity contribution in [3.8, 4) is 5.75 Å². The zero-order valence-corrected chi connectivity index (χ0v) is 11.4. The van der Waals surface area contributed by atoms with Crippen LogP contribution in [0.25, 0.3) is 0 Å². The van der Waals surface area contributed by atoms with E-state index in [1.54, 1.807) is 25.1 Å². The van der Waals surface area contributed by atoms with Crippen LogP contribution in [-0.2, 0) is 9.53 Å². The lowest BCUT2D eigenvalue weighted by atomic mass is 10.2. The fourth-order valence-electron chi connectivity index (χ4n) is 1.44. The molecule has 0 aliphatic rings. The van der Waals surface area contributed by atoms with Gasteiger partial charge in [0.1, 0.15) is 11.3 Å². The smallest absolute Gasteiger partial charge is 0.339 e. The van der Waals surface area contributed by atoms with E-state index in [-0.39, 0.29) is 5.56 Å². The van der Waals surface area contributed by atoms with Crippen LogP contribution in [0.2, 0.25) is 0 Å². The van der Waals surface area contributed by atoms with Crippen molar-refractivity contribution < 1.29 is 24.2 Å². The number of benzene rings is 1. The average molecular weight is 278 g/mol. The molecular formula is C15H18O5. The van der Waals surface area contributed by atoms with Crippen molar-refractivity contribution in [1.82, 2.24) is 0 Å². The van der Waals surface area contributed by atoms with Gasteiger partial charge in [0.2, 0.25) is 0 Å². The van der Waals surface area contributed by atoms with E-state index in [9.17, 15) is 9.59 Å². The van der Waals surface area contributed by atoms with Crippen molar-refractivity contribution in [2.24, 2.45) is 0 Å². The number of hydrogen-bond acceptors (Lipinski definition) is 4. The molecule has 108 valence electrons. The highest BCUT2D eigenvalue weighted by Gasteiger charge is 2.09. The third kappa shape index (κ3) is 5.14. The molecule has 20 heavy (non-hydrogen) atoms. The van der Waals surface area contributed by atoms with Gasteiger partial charge in [-0.1, -0.05) is 18.7 Å². The minimum absolute atomic E-state index is 0.140. The molecule has 1 aromatic carbocycles. The largest absolute Gasteiger partial charge is 0.493 e. The van der Waals surface area contributed by atoms with Crippen LogP contribution in [0.15, 0.2) is 36.4 Å². The molecule has 0 amide bonds. The normalized spacial score (nSPS) is 9.85. The molecule has 0 radical (unpaired) electrons. The molecule has 1 N–H and O–H groups in total. The van der Waals surface area contributed by atoms with Gasteiger partial charge in [0.25, 0.3) is 0 Å². The molecule has 0 atom stereocenters. The van der Waals surface area contributed by atoms with Crippen LogP contribution in [0, 0.1) is 0 Å². The Bertz CT molecular complexity index is 493. The minimum Gasteiger partial charge on any atom is -0.493 e. The van der Waals surface area contributed by atoms with Crippen molar-refractivity contribution >= 4 is 11.9 Å². The highest BCUT2D eigenvalue weighted by atomic mass is 16.5. The van der Waals surface area contributed by atoms with Crippen LogP contribution in [-0.4, -0.2) is 30.3 Å². The standard InChI is InChI=1S/C15H18O5/c1-11(2)15(18)20-10-6-5-9-19-13-8-4-3-7-12(13)14(16)17/h3-4,7-8H,1,5-6,9-10H2,2H3,(H,16,17). The average Bonchev–Trinajstić information content (AvgIpc) is 2.42. The second-order valence-corrected chi connectivity index (χ2v) is 4.27. The molecule has 1 rings (SSSR count). The van der Waals surface area contributed by atoms with Gasteiger partial charge in [-0.3, -0.25) is 0 Å². The van der Waals surface area contributed by atoms with Gasteiger partial charge in [0.15, 0.2) is 0 Å². The molecule has 0 unspecified atom stereocenters. The van der Waals surface area contributed by atoms with Crippen molar-refractivity contribution in [2.45, 2.75) is 19.8 Å². The molecule has 0 saturated carbocycles. The maximum absolute atomic E-state index is 11.1. The molecule has 5 nitrogen and oxygen atoms in total. The Morgan fingerprint density at radius 1 is 1.20 bits per heavy atom. The summed E-state index contributed by atoms with van der Waals surface area (Å²) in [5.41, 5.74) is 0.512. The summed E-state index contributed by atoms with van der Waals surface area (Å²) in [5, 5.41) is 8.97. The van der Waals surface area contributed by atoms with Gasteiger partial charge >= 0.3 is 11.9 Å². The number of aromatic carboxylic acids is 1. The summed E-state index contributed by atoms with van der Waals surface area (Å²) < 4.78 is 10.3. The van der Waals surface area contributed by atoms with Crippen molar-refractivity contribution in [2.75, 3.05) is 13.2 Å². The summed E-state index contributed by atoms with van der Waals surface area (Å²) in [6.45, 7) is 5.74. The summed E-state index contributed by atoms with van der Waals surface area (Å²) >= 11 is 0. The van der Waals surface area contributed by atoms with Gasteiger partial charge < -0.3 is 14.6 Å². The fraction of sp³-hybridized carbons (Fsp3) is 0.333. The highest BCUT2D eigenvalue weighted by molar-refractivity contribution is 5.90. The number of rotatable bonds is 8. The highest BCUT2D eigenvalue weighted by Crippen LogP contribution is 2.17. The van der Waals surface area contributed by atoms with Crippen LogP contribution in [0.3, 0.4) is 0 Å². The van der Waals surface area contributed by atoms with Gasteiger partial charge in [-0.25, -0.2) is 9.59 Å². The molecule has 0 fully saturated rings. The molecule has 0 bridgehead atoms. The van der Waals surface area contributed by atoms with Crippen LogP contribution in [0.1, 0.15) is 30.1 Å². The molecule has 5 heteroatoms. The third-order valence-electron chi connectivity index (χ3n) is 2.50. The van der Waals surface area contributed by atoms with E-state index in [4.69, 9.17) is 14.6 Å². The first-order valence-electron chi connectivity index (χ1n) is 6.30. The van der Waals surface area contributed by atoms with Gasteiger partial charge in [-0.05, 0) is 31.9 Å². The van der Waals surface area contributed by atoms with Crippen molar-refractivity contribution in [3.63, 3.8) is 0 Å². The first-order valence-corrected chi connectivity index (χ1v) is 6.30. The topological polar surface area (TPSA) is 72.8 Å². The number of carbonyl (C=O) groups is 2. The second kappa shape index (κ2) is 7.99. The first kappa shape index (κ1) is 15.8. The Balaban J connectivity index is 2.27. The Hall–Kier alpha value is -2.30. The molecule has 0 aromatic heterocycles. The predicted molar refractivity (Wildman–Crippen MR) is 73.9 cm³/mol. The quantitative estimate of drug-likeness (QED) is 0.449. The Kier molecular flexibility index (Phi) is 6.29. The molecule has 0 spiro atoms. The molecule has 0 heterocycles. The summed E-state index contributed by atoms with van der Waals surface area (Å²) in [6.07, 6.45) is 1.31. The molecular weight excluding hydrogens is 260 g/mol. The van der Waals surface area contributed by atoms with Crippen molar-refractivity contribution in [1.29, 1.82) is 0 Å². The Labute approximate surface area is 117 Å². The van der Waals surface area contributed by atoms with Crippen LogP contribution in [0.5, 0.6) is 5.75 Å². The molecule has 0 aliphatic carbocycles. The van der Waals surface area contributed by atoms with Crippen LogP contribution >= 0.6 is 0 Å². The van der Waals surface area contributed by atoms with Gasteiger partial charge in [0.05, 0.1) is 13.2 Å². The lowest BCUT2D eigenvalue weighted by Gasteiger charge is -2.09. The molecule has 1 aromatic rings. The molecule has 0 saturated heterocycles. The first-order chi connectivity index (χ1) is 9.52. The van der Waals surface area contributed by atoms with Gasteiger partial charge in [0, 0.05) is 5.57 Å². The summed E-state index contributed by atoms with van der Waals surface area (Å²) in [7, 11) is 0. The Morgan fingerprint density at radius 2 is 1.85 bits per heavy atom. The zero-order chi connectivity index (χ0) is 15.0. The zero-order valence-electron chi connectivity index (χ0n) is 11.4. The van der Waals surface area contributed by atoms with E-state index >= 15 is 0 Å². The minimum atomic E-state index is -1.02. The predicted octanol–water partition coefficient (Wildman–Crippen LogP) is 2.66. The maximum Gasteiger partial charge on any atom is 0.339 e. The summed E-state index contributed by atoms with van der Waals surface area (Å²) in [6, 6.07) is 6.47. The van der Waals surface area contributed by atoms with Crippen molar-refractivity contribution in [3.05, 3.63) is 42.0 Å². The Morgan fingerprint density at radius 3 is 2.50 bits per heavy atom. The van der Waals surface area contributed by atoms with Crippen LogP contribution < -0.4 is 4.74 Å². The number of carboxylic acid groups (broad SMARTS) is 1. The number of carbonyl (C=O) groups excluding carboxylic acids is 1. The lowest BCUT2D eigenvalue weighted by Crippen LogP contribution is -2.08. The van der Waals surface area contributed by atoms with E-state index < -0.39 is 11.9 Å². The number of esters is 1. The van der Waals surface area contributed by atoms with Gasteiger partial charge in [-0.15, -0.1) is 0 Å². The van der Waals surface area contributed by atoms with E-state index in [2.05, 4.69) is 6.58 Å². The van der Waals surface area contributed by atoms with Gasteiger partial charge in [-0.2, -0.15) is 0 Å². The van der Waals surface area contributed by atoms with E-state index in [1.807, 2.05) is 0 Å². The SMILES string of the molecule is C=C(C)C(=O)OCCCCOc1ccccc1C(=O)O. The number of carboxylic acids is 1. The lowest BCUT2D eigenvalue weighted by molar-refractivity contribution is -0.139. The third-order valence-corrected chi connectivity index (χ3v) is 2.50. The van der Waals surface area contributed by atoms with E-state index in [0.29, 0.717) is 37.4 Å². The van der Waals surface area contributed by atoms with E-state index in [0.717, 1.165) is 0 Å². The number of unbranched alkanes of at least 4 members (excludes halogenated alkanes) is 1. The fourth-order valence-corrected chi connectivity index (χ4v) is 1.44. The van der Waals surface area contributed by atoms with E-state index in [1.165, 1.54) is 6.07 Å². The number of para-hydroxylation sites is 1. The van der Waals surface area contributed by atoms with Crippen LogP contribution in [0.4, 0.5) is 0 Å². The second-order valence-electron chi connectivity index (χ2n) is 4.27. The number of hydrogen-bond donors (Lipinski definition) is 1. The summed E-state index contributed by atoms with van der Waals surface area (Å²) in [4.78, 5) is 22.0.